The number of thiophene rings is 1. The van der Waals surface area contributed by atoms with Gasteiger partial charge in [-0.05, 0) is 37.6 Å². The van der Waals surface area contributed by atoms with Crippen LogP contribution in [-0.4, -0.2) is 21.5 Å². The molecule has 1 N–H and O–H groups in total. The molecular weight excluding hydrogens is 424 g/mol. The van der Waals surface area contributed by atoms with Crippen LogP contribution in [0.2, 0.25) is 5.02 Å². The first-order valence-corrected chi connectivity index (χ1v) is 10.4. The van der Waals surface area contributed by atoms with Crippen LogP contribution in [0.5, 0.6) is 5.75 Å². The maximum atomic E-state index is 11.0. The van der Waals surface area contributed by atoms with Gasteiger partial charge in [-0.15, -0.1) is 11.3 Å². The number of aromatic nitrogens is 2. The average Bonchev–Trinajstić information content (AvgIpc) is 3.07. The van der Waals surface area contributed by atoms with Gasteiger partial charge >= 0.3 is 0 Å². The molecule has 0 amide bonds. The van der Waals surface area contributed by atoms with Crippen LogP contribution in [0.25, 0.3) is 21.3 Å². The van der Waals surface area contributed by atoms with Crippen LogP contribution in [0.3, 0.4) is 0 Å². The Balaban J connectivity index is 1.79. The van der Waals surface area contributed by atoms with Gasteiger partial charge in [0.2, 0.25) is 0 Å². The number of nitrogens with zero attached hydrogens (tertiary/aromatic N) is 3. The molecule has 4 rings (SSSR count). The molecule has 7 nitrogen and oxygen atoms in total. The van der Waals surface area contributed by atoms with Gasteiger partial charge in [0.25, 0.3) is 5.69 Å². The number of nitro benzene ring substituents is 1. The Morgan fingerprint density at radius 1 is 1.20 bits per heavy atom. The number of rotatable bonds is 6. The zero-order valence-corrected chi connectivity index (χ0v) is 17.8. The Kier molecular flexibility index (Phi) is 5.52. The maximum Gasteiger partial charge on any atom is 0.271 e. The molecule has 0 aliphatic heterocycles. The number of nitro groups is 1. The molecule has 0 atom stereocenters. The topological polar surface area (TPSA) is 90.2 Å². The summed E-state index contributed by atoms with van der Waals surface area (Å²) in [7, 11) is 0. The maximum absolute atomic E-state index is 11.0. The van der Waals surface area contributed by atoms with E-state index in [9.17, 15) is 10.1 Å². The average molecular weight is 441 g/mol. The number of benzene rings is 2. The fourth-order valence-corrected chi connectivity index (χ4v) is 4.45. The number of fused-ring (bicyclic) bond motifs is 1. The second-order valence-corrected chi connectivity index (χ2v) is 8.05. The summed E-state index contributed by atoms with van der Waals surface area (Å²) in [6.45, 7) is 4.60. The second kappa shape index (κ2) is 8.25. The van der Waals surface area contributed by atoms with Crippen molar-refractivity contribution in [3.63, 3.8) is 0 Å². The monoisotopic (exact) mass is 440 g/mol. The summed E-state index contributed by atoms with van der Waals surface area (Å²) < 4.78 is 5.54. The van der Waals surface area contributed by atoms with Crippen molar-refractivity contribution in [2.24, 2.45) is 0 Å². The second-order valence-electron chi connectivity index (χ2n) is 6.44. The highest BCUT2D eigenvalue weighted by molar-refractivity contribution is 7.19. The van der Waals surface area contributed by atoms with E-state index in [2.05, 4.69) is 15.3 Å². The van der Waals surface area contributed by atoms with Crippen molar-refractivity contribution in [3.05, 3.63) is 68.8 Å². The Labute approximate surface area is 181 Å². The van der Waals surface area contributed by atoms with Crippen LogP contribution in [0.15, 0.2) is 48.8 Å². The quantitative estimate of drug-likeness (QED) is 0.276. The molecule has 2 aromatic heterocycles. The third-order valence-electron chi connectivity index (χ3n) is 4.53. The van der Waals surface area contributed by atoms with Crippen molar-refractivity contribution in [1.82, 2.24) is 9.97 Å². The molecule has 0 saturated carbocycles. The molecule has 152 valence electrons. The standard InChI is InChI=1S/C21H17ClN4O3S/c1-3-29-15-7-4-13(5-8-15)18-12(2)30-21-19(18)20(23-11-24-21)25-17-9-6-14(26(27)28)10-16(17)22/h4-11H,3H2,1-2H3,(H,23,24,25). The summed E-state index contributed by atoms with van der Waals surface area (Å²) in [5.74, 6) is 1.40. The lowest BCUT2D eigenvalue weighted by atomic mass is 10.0. The lowest BCUT2D eigenvalue weighted by molar-refractivity contribution is -0.384. The van der Waals surface area contributed by atoms with Gasteiger partial charge in [0.05, 0.1) is 27.6 Å². The van der Waals surface area contributed by atoms with Crippen LogP contribution in [0.1, 0.15) is 11.8 Å². The predicted octanol–water partition coefficient (Wildman–Crippen LogP) is 6.37. The normalized spacial score (nSPS) is 10.9. The van der Waals surface area contributed by atoms with Gasteiger partial charge in [0.1, 0.15) is 22.7 Å². The molecule has 9 heteroatoms. The van der Waals surface area contributed by atoms with Gasteiger partial charge < -0.3 is 10.1 Å². The highest BCUT2D eigenvalue weighted by atomic mass is 35.5. The molecule has 0 fully saturated rings. The third kappa shape index (κ3) is 3.79. The molecule has 30 heavy (non-hydrogen) atoms. The summed E-state index contributed by atoms with van der Waals surface area (Å²) >= 11 is 7.84. The van der Waals surface area contributed by atoms with Crippen molar-refractivity contribution in [3.8, 4) is 16.9 Å². The summed E-state index contributed by atoms with van der Waals surface area (Å²) in [4.78, 5) is 21.3. The molecule has 4 aromatic rings. The first kappa shape index (κ1) is 20.1. The van der Waals surface area contributed by atoms with Gasteiger partial charge in [-0.2, -0.15) is 0 Å². The van der Waals surface area contributed by atoms with E-state index in [4.69, 9.17) is 16.3 Å². The molecule has 0 aliphatic rings. The minimum Gasteiger partial charge on any atom is -0.494 e. The summed E-state index contributed by atoms with van der Waals surface area (Å²) in [5, 5.41) is 15.3. The zero-order chi connectivity index (χ0) is 21.3. The summed E-state index contributed by atoms with van der Waals surface area (Å²) in [6, 6.07) is 12.2. The van der Waals surface area contributed by atoms with Crippen molar-refractivity contribution in [2.75, 3.05) is 11.9 Å². The van der Waals surface area contributed by atoms with Gasteiger partial charge in [0, 0.05) is 22.6 Å². The van der Waals surface area contributed by atoms with E-state index in [-0.39, 0.29) is 10.7 Å². The van der Waals surface area contributed by atoms with Crippen LogP contribution in [0, 0.1) is 17.0 Å². The summed E-state index contributed by atoms with van der Waals surface area (Å²) in [5.41, 5.74) is 2.51. The minimum atomic E-state index is -0.481. The smallest absolute Gasteiger partial charge is 0.271 e. The zero-order valence-electron chi connectivity index (χ0n) is 16.2. The number of ether oxygens (including phenoxy) is 1. The number of aryl methyl sites for hydroxylation is 1. The van der Waals surface area contributed by atoms with E-state index in [1.807, 2.05) is 38.1 Å². The van der Waals surface area contributed by atoms with Gasteiger partial charge in [-0.3, -0.25) is 10.1 Å². The molecule has 0 spiro atoms. The highest BCUT2D eigenvalue weighted by Gasteiger charge is 2.18. The van der Waals surface area contributed by atoms with Crippen molar-refractivity contribution < 1.29 is 9.66 Å². The largest absolute Gasteiger partial charge is 0.494 e. The van der Waals surface area contributed by atoms with Crippen molar-refractivity contribution >= 4 is 50.3 Å². The number of hydrogen-bond acceptors (Lipinski definition) is 7. The Morgan fingerprint density at radius 3 is 2.63 bits per heavy atom. The highest BCUT2D eigenvalue weighted by Crippen LogP contribution is 2.42. The molecule has 0 radical (unpaired) electrons. The fraction of sp³-hybridized carbons (Fsp3) is 0.143. The van der Waals surface area contributed by atoms with Crippen molar-refractivity contribution in [2.45, 2.75) is 13.8 Å². The van der Waals surface area contributed by atoms with E-state index < -0.39 is 4.92 Å². The van der Waals surface area contributed by atoms with Gasteiger partial charge in [0.15, 0.2) is 0 Å². The minimum absolute atomic E-state index is 0.0696. The fourth-order valence-electron chi connectivity index (χ4n) is 3.22. The van der Waals surface area contributed by atoms with Crippen LogP contribution in [0.4, 0.5) is 17.2 Å². The number of halogens is 1. The Hall–Kier alpha value is -3.23. The lowest BCUT2D eigenvalue weighted by Crippen LogP contribution is -1.97. The van der Waals surface area contributed by atoms with Crippen molar-refractivity contribution in [1.29, 1.82) is 0 Å². The molecule has 2 aromatic carbocycles. The molecular formula is C21H17ClN4O3S. The van der Waals surface area contributed by atoms with E-state index in [1.54, 1.807) is 17.4 Å². The number of anilines is 2. The molecule has 0 bridgehead atoms. The number of non-ortho nitro benzene ring substituents is 1. The van der Waals surface area contributed by atoms with Crippen LogP contribution >= 0.6 is 22.9 Å². The van der Waals surface area contributed by atoms with Gasteiger partial charge in [-0.25, -0.2) is 9.97 Å². The Morgan fingerprint density at radius 2 is 1.97 bits per heavy atom. The third-order valence-corrected chi connectivity index (χ3v) is 5.86. The van der Waals surface area contributed by atoms with Crippen LogP contribution < -0.4 is 10.1 Å². The van der Waals surface area contributed by atoms with E-state index in [0.29, 0.717) is 18.1 Å². The van der Waals surface area contributed by atoms with E-state index in [1.165, 1.54) is 18.5 Å². The lowest BCUT2D eigenvalue weighted by Gasteiger charge is -2.11. The molecule has 2 heterocycles. The number of nitrogens with one attached hydrogen (secondary N) is 1. The first-order valence-electron chi connectivity index (χ1n) is 9.16. The molecule has 0 aliphatic carbocycles. The Bertz CT molecular complexity index is 1240. The van der Waals surface area contributed by atoms with E-state index >= 15 is 0 Å². The SMILES string of the molecule is CCOc1ccc(-c2c(C)sc3ncnc(Nc4ccc([N+](=O)[O-])cc4Cl)c23)cc1. The van der Waals surface area contributed by atoms with Crippen LogP contribution in [-0.2, 0) is 0 Å². The summed E-state index contributed by atoms with van der Waals surface area (Å²) in [6.07, 6.45) is 1.49. The first-order chi connectivity index (χ1) is 14.5. The van der Waals surface area contributed by atoms with E-state index in [0.717, 1.165) is 32.0 Å². The predicted molar refractivity (Wildman–Crippen MR) is 120 cm³/mol. The number of hydrogen-bond donors (Lipinski definition) is 1. The van der Waals surface area contributed by atoms with Gasteiger partial charge in [-0.1, -0.05) is 23.7 Å². The molecule has 0 saturated heterocycles. The molecule has 0 unspecified atom stereocenters.